The van der Waals surface area contributed by atoms with Crippen molar-refractivity contribution in [2.75, 3.05) is 18.6 Å². The zero-order valence-corrected chi connectivity index (χ0v) is 18.2. The summed E-state index contributed by atoms with van der Waals surface area (Å²) in [6.07, 6.45) is 2.71. The first-order valence-electron chi connectivity index (χ1n) is 8.99. The van der Waals surface area contributed by atoms with Crippen LogP contribution in [-0.4, -0.2) is 46.5 Å². The topological polar surface area (TPSA) is 97.3 Å². The Morgan fingerprint density at radius 3 is 2.71 bits per heavy atom. The molecule has 158 valence electrons. The average molecular weight is 479 g/mol. The smallest absolute Gasteiger partial charge is 0.289 e. The minimum atomic E-state index is -0.992. The lowest BCUT2D eigenvalue weighted by molar-refractivity contribution is -0.120. The number of amides is 2. The van der Waals surface area contributed by atoms with Gasteiger partial charge in [0.25, 0.3) is 11.8 Å². The third-order valence-electron chi connectivity index (χ3n) is 4.53. The summed E-state index contributed by atoms with van der Waals surface area (Å²) in [5, 5.41) is 3.62. The highest BCUT2D eigenvalue weighted by Crippen LogP contribution is 2.32. The Labute approximate surface area is 192 Å². The van der Waals surface area contributed by atoms with Crippen LogP contribution in [0.1, 0.15) is 10.6 Å². The number of carbonyl (C=O) groups excluding carboxylic acids is 2. The van der Waals surface area contributed by atoms with Crippen molar-refractivity contribution >= 4 is 52.4 Å². The molecule has 1 atom stereocenters. The van der Waals surface area contributed by atoms with Crippen molar-refractivity contribution in [2.24, 2.45) is 0 Å². The minimum Gasteiger partial charge on any atom is -0.487 e. The fourth-order valence-corrected chi connectivity index (χ4v) is 3.56. The third-order valence-corrected chi connectivity index (χ3v) is 5.35. The Morgan fingerprint density at radius 1 is 1.16 bits per heavy atom. The second-order valence-corrected chi connectivity index (χ2v) is 7.83. The molecule has 0 saturated carbocycles. The molecule has 2 aromatic heterocycles. The number of nitrogens with one attached hydrogen (secondary N) is 1. The van der Waals surface area contributed by atoms with Gasteiger partial charge >= 0.3 is 0 Å². The van der Waals surface area contributed by atoms with E-state index in [1.807, 2.05) is 0 Å². The van der Waals surface area contributed by atoms with Crippen LogP contribution >= 0.6 is 34.8 Å². The first-order chi connectivity index (χ1) is 14.8. The molecule has 3 heterocycles. The number of benzene rings is 1. The van der Waals surface area contributed by atoms with E-state index in [0.717, 1.165) is 0 Å². The molecule has 3 aromatic rings. The van der Waals surface area contributed by atoms with Gasteiger partial charge in [-0.25, -0.2) is 15.0 Å². The molecule has 0 saturated heterocycles. The monoisotopic (exact) mass is 477 g/mol. The fraction of sp³-hybridized carbons (Fsp3) is 0.150. The Balaban J connectivity index is 1.58. The van der Waals surface area contributed by atoms with E-state index >= 15 is 0 Å². The van der Waals surface area contributed by atoms with Crippen molar-refractivity contribution < 1.29 is 14.3 Å². The summed E-state index contributed by atoms with van der Waals surface area (Å²) in [6.45, 7) is -0.116. The van der Waals surface area contributed by atoms with Crippen molar-refractivity contribution in [3.63, 3.8) is 0 Å². The molecule has 1 aliphatic heterocycles. The summed E-state index contributed by atoms with van der Waals surface area (Å²) >= 11 is 18.4. The van der Waals surface area contributed by atoms with Gasteiger partial charge in [-0.2, -0.15) is 0 Å². The van der Waals surface area contributed by atoms with E-state index in [1.54, 1.807) is 30.3 Å². The molecule has 1 aliphatic rings. The van der Waals surface area contributed by atoms with Gasteiger partial charge in [0.1, 0.15) is 12.6 Å². The van der Waals surface area contributed by atoms with Gasteiger partial charge in [0, 0.05) is 24.9 Å². The fourth-order valence-electron chi connectivity index (χ4n) is 3.00. The normalized spacial score (nSPS) is 15.7. The first-order valence-corrected chi connectivity index (χ1v) is 10.1. The summed E-state index contributed by atoms with van der Waals surface area (Å²) in [5.41, 5.74) is 0.858. The summed E-state index contributed by atoms with van der Waals surface area (Å²) < 4.78 is 5.64. The van der Waals surface area contributed by atoms with E-state index < -0.39 is 17.9 Å². The molecule has 4 rings (SSSR count). The number of hydrogen-bond donors (Lipinski definition) is 1. The standard InChI is InChI=1S/C20H14Cl3N5O3/c1-28-18-15(6-10(21)7-25-18)31-9-14(20(28)30)26-19(29)17-24-8-13(23)16(27-17)11-4-2-3-5-12(11)22/h2-8,14H,9H2,1H3,(H,26,29). The number of hydrogen-bond acceptors (Lipinski definition) is 6. The Morgan fingerprint density at radius 2 is 1.94 bits per heavy atom. The lowest BCUT2D eigenvalue weighted by Crippen LogP contribution is -2.49. The highest BCUT2D eigenvalue weighted by molar-refractivity contribution is 6.36. The van der Waals surface area contributed by atoms with Gasteiger partial charge in [-0.1, -0.05) is 53.0 Å². The number of carbonyl (C=O) groups is 2. The second-order valence-electron chi connectivity index (χ2n) is 6.58. The van der Waals surface area contributed by atoms with E-state index in [-0.39, 0.29) is 17.5 Å². The zero-order valence-electron chi connectivity index (χ0n) is 16.0. The van der Waals surface area contributed by atoms with Crippen molar-refractivity contribution in [1.82, 2.24) is 20.3 Å². The highest BCUT2D eigenvalue weighted by atomic mass is 35.5. The van der Waals surface area contributed by atoms with Crippen LogP contribution in [-0.2, 0) is 4.79 Å². The Bertz CT molecular complexity index is 1190. The van der Waals surface area contributed by atoms with E-state index in [4.69, 9.17) is 39.5 Å². The van der Waals surface area contributed by atoms with Gasteiger partial charge in [0.2, 0.25) is 5.82 Å². The van der Waals surface area contributed by atoms with Crippen LogP contribution in [0.5, 0.6) is 5.75 Å². The van der Waals surface area contributed by atoms with Crippen LogP contribution in [0.2, 0.25) is 15.1 Å². The van der Waals surface area contributed by atoms with Crippen LogP contribution in [0, 0.1) is 0 Å². The SMILES string of the molecule is CN1C(=O)C(NC(=O)c2ncc(Cl)c(-c3ccccc3Cl)n2)COc2cc(Cl)cnc21. The van der Waals surface area contributed by atoms with Crippen molar-refractivity contribution in [2.45, 2.75) is 6.04 Å². The molecule has 0 fully saturated rings. The molecule has 1 N–H and O–H groups in total. The molecule has 8 nitrogen and oxygen atoms in total. The van der Waals surface area contributed by atoms with Crippen LogP contribution in [0.4, 0.5) is 5.82 Å². The van der Waals surface area contributed by atoms with Crippen LogP contribution in [0.3, 0.4) is 0 Å². The minimum absolute atomic E-state index is 0.116. The van der Waals surface area contributed by atoms with Crippen molar-refractivity contribution in [3.05, 3.63) is 63.6 Å². The maximum absolute atomic E-state index is 12.8. The molecule has 2 amide bonds. The molecular formula is C20H14Cl3N5O3. The van der Waals surface area contributed by atoms with Gasteiger partial charge in [0.05, 0.1) is 27.0 Å². The molecule has 11 heteroatoms. The quantitative estimate of drug-likeness (QED) is 0.617. The van der Waals surface area contributed by atoms with E-state index in [9.17, 15) is 9.59 Å². The predicted molar refractivity (Wildman–Crippen MR) is 117 cm³/mol. The number of likely N-dealkylation sites (N-methyl/N-ethyl adjacent to an activating group) is 1. The van der Waals surface area contributed by atoms with E-state index in [2.05, 4.69) is 20.3 Å². The maximum Gasteiger partial charge on any atom is 0.289 e. The number of halogens is 3. The van der Waals surface area contributed by atoms with E-state index in [0.29, 0.717) is 32.9 Å². The molecule has 1 unspecified atom stereocenters. The van der Waals surface area contributed by atoms with Crippen LogP contribution < -0.4 is 15.0 Å². The predicted octanol–water partition coefficient (Wildman–Crippen LogP) is 3.65. The van der Waals surface area contributed by atoms with Crippen LogP contribution in [0.15, 0.2) is 42.7 Å². The summed E-state index contributed by atoms with van der Waals surface area (Å²) in [7, 11) is 1.53. The van der Waals surface area contributed by atoms with Gasteiger partial charge in [-0.05, 0) is 6.07 Å². The van der Waals surface area contributed by atoms with Gasteiger partial charge in [-0.15, -0.1) is 0 Å². The number of pyridine rings is 1. The molecule has 0 radical (unpaired) electrons. The number of ether oxygens (including phenoxy) is 1. The number of aromatic nitrogens is 3. The van der Waals surface area contributed by atoms with Gasteiger partial charge in [0.15, 0.2) is 11.6 Å². The van der Waals surface area contributed by atoms with E-state index in [1.165, 1.54) is 24.3 Å². The molecule has 1 aromatic carbocycles. The lowest BCUT2D eigenvalue weighted by atomic mass is 10.1. The number of fused-ring (bicyclic) bond motifs is 1. The number of nitrogens with zero attached hydrogens (tertiary/aromatic N) is 4. The van der Waals surface area contributed by atoms with Crippen LogP contribution in [0.25, 0.3) is 11.3 Å². The first kappa shape index (κ1) is 21.3. The number of anilines is 1. The summed E-state index contributed by atoms with van der Waals surface area (Å²) in [6, 6.07) is 7.51. The molecule has 31 heavy (non-hydrogen) atoms. The summed E-state index contributed by atoms with van der Waals surface area (Å²) in [5.74, 6) is -0.615. The van der Waals surface area contributed by atoms with Crippen molar-refractivity contribution in [3.8, 4) is 17.0 Å². The zero-order chi connectivity index (χ0) is 22.1. The largest absolute Gasteiger partial charge is 0.487 e. The summed E-state index contributed by atoms with van der Waals surface area (Å²) in [4.78, 5) is 39.3. The third kappa shape index (κ3) is 4.27. The Kier molecular flexibility index (Phi) is 5.95. The second kappa shape index (κ2) is 8.66. The highest BCUT2D eigenvalue weighted by Gasteiger charge is 2.32. The molecule has 0 aliphatic carbocycles. The van der Waals surface area contributed by atoms with Gasteiger partial charge in [-0.3, -0.25) is 14.5 Å². The number of rotatable bonds is 3. The molecule has 0 bridgehead atoms. The maximum atomic E-state index is 12.8. The van der Waals surface area contributed by atoms with Gasteiger partial charge < -0.3 is 10.1 Å². The average Bonchev–Trinajstić information content (AvgIpc) is 2.86. The lowest BCUT2D eigenvalue weighted by Gasteiger charge is -2.19. The molecule has 0 spiro atoms. The van der Waals surface area contributed by atoms with Crippen molar-refractivity contribution in [1.29, 1.82) is 0 Å². The Hall–Kier alpha value is -2.94. The molecular weight excluding hydrogens is 465 g/mol.